The molecule has 2 aromatic carbocycles. The summed E-state index contributed by atoms with van der Waals surface area (Å²) in [4.78, 5) is 13.3. The van der Waals surface area contributed by atoms with E-state index >= 15 is 0 Å². The quantitative estimate of drug-likeness (QED) is 0.281. The number of fused-ring (bicyclic) bond motifs is 1. The Kier molecular flexibility index (Phi) is 6.14. The van der Waals surface area contributed by atoms with Gasteiger partial charge in [0, 0.05) is 13.0 Å². The van der Waals surface area contributed by atoms with Gasteiger partial charge in [0.25, 0.3) is 0 Å². The van der Waals surface area contributed by atoms with E-state index in [0.717, 1.165) is 5.56 Å². The number of hydrogen-bond donors (Lipinski definition) is 3. The molecule has 0 aliphatic carbocycles. The summed E-state index contributed by atoms with van der Waals surface area (Å²) in [7, 11) is 1.79. The lowest BCUT2D eigenvalue weighted by atomic mass is 10.0. The van der Waals surface area contributed by atoms with Gasteiger partial charge in [-0.3, -0.25) is 9.99 Å². The molecule has 4 aromatic rings. The largest absolute Gasteiger partial charge is 0.371 e. The molecule has 9 heteroatoms. The van der Waals surface area contributed by atoms with Crippen LogP contribution < -0.4 is 16.6 Å². The fraction of sp³-hybridized carbons (Fsp3) is 0.320. The Morgan fingerprint density at radius 2 is 1.76 bits per heavy atom. The van der Waals surface area contributed by atoms with Crippen LogP contribution >= 0.6 is 0 Å². The van der Waals surface area contributed by atoms with E-state index in [1.807, 2.05) is 29.7 Å². The summed E-state index contributed by atoms with van der Waals surface area (Å²) in [6.45, 7) is 4.69. The second-order valence-electron chi connectivity index (χ2n) is 8.54. The lowest BCUT2D eigenvalue weighted by Crippen LogP contribution is -2.27. The van der Waals surface area contributed by atoms with Crippen molar-refractivity contribution < 1.29 is 9.47 Å². The summed E-state index contributed by atoms with van der Waals surface area (Å²) in [5.74, 6) is 6.55. The van der Waals surface area contributed by atoms with Gasteiger partial charge in [0.05, 0.1) is 25.1 Å². The molecule has 9 nitrogen and oxygen atoms in total. The van der Waals surface area contributed by atoms with Crippen LogP contribution in [-0.2, 0) is 16.1 Å². The van der Waals surface area contributed by atoms with Crippen molar-refractivity contribution in [1.29, 1.82) is 0 Å². The molecule has 3 heterocycles. The van der Waals surface area contributed by atoms with Crippen LogP contribution in [0.3, 0.4) is 0 Å². The maximum atomic E-state index is 6.35. The molecule has 4 atom stereocenters. The molecule has 1 aliphatic rings. The van der Waals surface area contributed by atoms with E-state index in [9.17, 15) is 0 Å². The fourth-order valence-corrected chi connectivity index (χ4v) is 4.58. The average Bonchev–Trinajstić information content (AvgIpc) is 3.42. The van der Waals surface area contributed by atoms with E-state index in [0.29, 0.717) is 29.5 Å². The number of nitrogen functional groups attached to an aromatic ring is 1. The first-order chi connectivity index (χ1) is 16.6. The highest BCUT2D eigenvalue weighted by molar-refractivity contribution is 5.84. The number of imidazole rings is 1. The Balaban J connectivity index is 1.31. The molecule has 176 valence electrons. The van der Waals surface area contributed by atoms with Gasteiger partial charge in [-0.1, -0.05) is 61.5 Å². The molecule has 0 saturated carbocycles. The zero-order valence-corrected chi connectivity index (χ0v) is 19.5. The fourth-order valence-electron chi connectivity index (χ4n) is 4.58. The first-order valence-electron chi connectivity index (χ1n) is 11.4. The standard InChI is InChI=1S/C25H29N7O2/c1-15-21(33-13-17-9-11-19(12-10-17)18-7-5-4-6-8-18)16(2)34-24(15)32-14-28-20-22(27-3)29-25(31-26)30-23(20)32/h4-12,14-16,21,24H,13,26H2,1-3H3,(H2,27,29,30,31)/t15-,16+,21-,24+/m0/s1. The molecule has 1 fully saturated rings. The highest BCUT2D eigenvalue weighted by atomic mass is 16.6. The summed E-state index contributed by atoms with van der Waals surface area (Å²) >= 11 is 0. The predicted octanol–water partition coefficient (Wildman–Crippen LogP) is 3.96. The Labute approximate surface area is 198 Å². The van der Waals surface area contributed by atoms with Crippen molar-refractivity contribution in [2.45, 2.75) is 38.9 Å². The highest BCUT2D eigenvalue weighted by Crippen LogP contribution is 2.38. The molecule has 0 spiro atoms. The Bertz CT molecular complexity index is 1260. The lowest BCUT2D eigenvalue weighted by Gasteiger charge is -2.21. The van der Waals surface area contributed by atoms with E-state index in [2.05, 4.69) is 69.0 Å². The zero-order valence-electron chi connectivity index (χ0n) is 19.5. The maximum absolute atomic E-state index is 6.35. The molecule has 5 rings (SSSR count). The highest BCUT2D eigenvalue weighted by Gasteiger charge is 2.42. The van der Waals surface area contributed by atoms with Crippen LogP contribution in [0.2, 0.25) is 0 Å². The lowest BCUT2D eigenvalue weighted by molar-refractivity contribution is -0.0324. The summed E-state index contributed by atoms with van der Waals surface area (Å²) < 4.78 is 14.6. The number of nitrogens with one attached hydrogen (secondary N) is 2. The van der Waals surface area contributed by atoms with Crippen LogP contribution in [0.15, 0.2) is 60.9 Å². The molecule has 1 aliphatic heterocycles. The maximum Gasteiger partial charge on any atom is 0.241 e. The molecular formula is C25H29N7O2. The third-order valence-electron chi connectivity index (χ3n) is 6.35. The van der Waals surface area contributed by atoms with Crippen molar-refractivity contribution in [3.8, 4) is 11.1 Å². The van der Waals surface area contributed by atoms with Gasteiger partial charge < -0.3 is 14.8 Å². The summed E-state index contributed by atoms with van der Waals surface area (Å²) in [6, 6.07) is 18.9. The number of nitrogens with zero attached hydrogens (tertiary/aromatic N) is 4. The van der Waals surface area contributed by atoms with Crippen LogP contribution in [0.5, 0.6) is 0 Å². The minimum absolute atomic E-state index is 0.0750. The summed E-state index contributed by atoms with van der Waals surface area (Å²) in [5, 5.41) is 3.04. The average molecular weight is 460 g/mol. The van der Waals surface area contributed by atoms with Crippen LogP contribution in [0.25, 0.3) is 22.3 Å². The van der Waals surface area contributed by atoms with Gasteiger partial charge in [-0.15, -0.1) is 0 Å². The second kappa shape index (κ2) is 9.38. The molecule has 0 radical (unpaired) electrons. The Morgan fingerprint density at radius 1 is 1.03 bits per heavy atom. The number of nitrogens with two attached hydrogens (primary N) is 1. The summed E-state index contributed by atoms with van der Waals surface area (Å²) in [6.07, 6.45) is 1.31. The minimum Gasteiger partial charge on any atom is -0.371 e. The number of benzene rings is 2. The molecule has 1 saturated heterocycles. The van der Waals surface area contributed by atoms with Gasteiger partial charge in [-0.05, 0) is 23.6 Å². The first-order valence-corrected chi connectivity index (χ1v) is 11.4. The van der Waals surface area contributed by atoms with Crippen LogP contribution in [0, 0.1) is 5.92 Å². The molecule has 4 N–H and O–H groups in total. The Hall–Kier alpha value is -3.53. The van der Waals surface area contributed by atoms with E-state index in [-0.39, 0.29) is 24.4 Å². The number of ether oxygens (including phenoxy) is 2. The van der Waals surface area contributed by atoms with Gasteiger partial charge in [0.2, 0.25) is 5.95 Å². The predicted molar refractivity (Wildman–Crippen MR) is 132 cm³/mol. The van der Waals surface area contributed by atoms with Crippen LogP contribution in [0.1, 0.15) is 25.6 Å². The van der Waals surface area contributed by atoms with E-state index in [4.69, 9.17) is 15.3 Å². The number of rotatable bonds is 7. The van der Waals surface area contributed by atoms with Crippen LogP contribution in [0.4, 0.5) is 11.8 Å². The molecule has 2 aromatic heterocycles. The molecule has 34 heavy (non-hydrogen) atoms. The molecule has 0 bridgehead atoms. The van der Waals surface area contributed by atoms with Gasteiger partial charge in [0.1, 0.15) is 6.23 Å². The van der Waals surface area contributed by atoms with Crippen molar-refractivity contribution in [3.63, 3.8) is 0 Å². The third-order valence-corrected chi connectivity index (χ3v) is 6.35. The van der Waals surface area contributed by atoms with Crippen molar-refractivity contribution in [1.82, 2.24) is 19.5 Å². The van der Waals surface area contributed by atoms with Crippen molar-refractivity contribution in [2.24, 2.45) is 11.8 Å². The van der Waals surface area contributed by atoms with E-state index in [1.165, 1.54) is 11.1 Å². The van der Waals surface area contributed by atoms with Gasteiger partial charge >= 0.3 is 0 Å². The van der Waals surface area contributed by atoms with Crippen molar-refractivity contribution >= 4 is 22.9 Å². The SMILES string of the molecule is CNc1nc(NN)nc2c1ncn2[C@@H]1O[C@H](C)[C@@H](OCc2ccc(-c3ccccc3)cc2)[C@@H]1C. The molecule has 0 amide bonds. The zero-order chi connectivity index (χ0) is 23.7. The Morgan fingerprint density at radius 3 is 2.47 bits per heavy atom. The van der Waals surface area contributed by atoms with E-state index < -0.39 is 0 Å². The number of hydrazine groups is 1. The van der Waals surface area contributed by atoms with Gasteiger partial charge in [0.15, 0.2) is 17.0 Å². The monoisotopic (exact) mass is 459 g/mol. The van der Waals surface area contributed by atoms with Crippen molar-refractivity contribution in [3.05, 3.63) is 66.5 Å². The second-order valence-corrected chi connectivity index (χ2v) is 8.54. The van der Waals surface area contributed by atoms with E-state index in [1.54, 1.807) is 13.4 Å². The van der Waals surface area contributed by atoms with Crippen molar-refractivity contribution in [2.75, 3.05) is 17.8 Å². The minimum atomic E-state index is -0.268. The number of aromatic nitrogens is 4. The smallest absolute Gasteiger partial charge is 0.241 e. The van der Waals surface area contributed by atoms with Gasteiger partial charge in [-0.2, -0.15) is 9.97 Å². The normalized spacial score (nSPS) is 22.2. The first kappa shape index (κ1) is 22.3. The molecule has 0 unspecified atom stereocenters. The summed E-state index contributed by atoms with van der Waals surface area (Å²) in [5.41, 5.74) is 7.34. The third kappa shape index (κ3) is 4.09. The topological polar surface area (TPSA) is 112 Å². The number of anilines is 2. The molecular weight excluding hydrogens is 430 g/mol. The number of hydrogen-bond acceptors (Lipinski definition) is 8. The van der Waals surface area contributed by atoms with Crippen LogP contribution in [-0.4, -0.2) is 38.8 Å². The van der Waals surface area contributed by atoms with Gasteiger partial charge in [-0.25, -0.2) is 10.8 Å².